The Labute approximate surface area is 134 Å². The van der Waals surface area contributed by atoms with E-state index in [1.165, 1.54) is 0 Å². The molecular formula is C16H18ClN3O2. The van der Waals surface area contributed by atoms with Crippen LogP contribution in [0.25, 0.3) is 0 Å². The molecule has 1 N–H and O–H groups in total. The molecule has 0 radical (unpaired) electrons. The molecule has 1 saturated heterocycles. The van der Waals surface area contributed by atoms with Gasteiger partial charge in [0.2, 0.25) is 0 Å². The Morgan fingerprint density at radius 1 is 1.45 bits per heavy atom. The van der Waals surface area contributed by atoms with Gasteiger partial charge in [-0.05, 0) is 60.8 Å². The van der Waals surface area contributed by atoms with Crippen LogP contribution < -0.4 is 5.32 Å². The average molecular weight is 320 g/mol. The summed E-state index contributed by atoms with van der Waals surface area (Å²) >= 11 is 5.78. The highest BCUT2D eigenvalue weighted by atomic mass is 35.5. The van der Waals surface area contributed by atoms with E-state index < -0.39 is 0 Å². The second-order valence-electron chi connectivity index (χ2n) is 5.51. The minimum absolute atomic E-state index is 0.136. The molecule has 3 heterocycles. The number of carbonyl (C=O) groups excluding carboxylic acids is 1. The lowest BCUT2D eigenvalue weighted by Gasteiger charge is -2.24. The van der Waals surface area contributed by atoms with Crippen molar-refractivity contribution in [2.24, 2.45) is 5.92 Å². The Morgan fingerprint density at radius 3 is 3.00 bits per heavy atom. The van der Waals surface area contributed by atoms with Crippen LogP contribution in [-0.4, -0.2) is 35.4 Å². The number of hydrogen-bond acceptors (Lipinski definition) is 4. The van der Waals surface area contributed by atoms with Crippen molar-refractivity contribution in [3.05, 3.63) is 53.2 Å². The first kappa shape index (κ1) is 15.1. The van der Waals surface area contributed by atoms with Crippen LogP contribution in [0.3, 0.4) is 0 Å². The summed E-state index contributed by atoms with van der Waals surface area (Å²) in [5, 5.41) is 3.56. The number of hydrogen-bond donors (Lipinski definition) is 1. The summed E-state index contributed by atoms with van der Waals surface area (Å²) in [6.07, 6.45) is 4.58. The van der Waals surface area contributed by atoms with Gasteiger partial charge in [-0.15, -0.1) is 0 Å². The third kappa shape index (κ3) is 3.67. The van der Waals surface area contributed by atoms with Crippen LogP contribution in [0, 0.1) is 5.92 Å². The number of amides is 1. The molecule has 0 unspecified atom stereocenters. The number of rotatable bonds is 5. The summed E-state index contributed by atoms with van der Waals surface area (Å²) in [7, 11) is 0. The van der Waals surface area contributed by atoms with E-state index in [0.29, 0.717) is 19.0 Å². The second-order valence-corrected chi connectivity index (χ2v) is 5.88. The van der Waals surface area contributed by atoms with E-state index in [1.54, 1.807) is 24.5 Å². The SMILES string of the molecule is O=C(c1ccc(Cl)o1)N(Cc1cccnc1)C[C@@H]1CCNC1. The fourth-order valence-electron chi connectivity index (χ4n) is 2.70. The van der Waals surface area contributed by atoms with Gasteiger partial charge in [-0.3, -0.25) is 9.78 Å². The first-order valence-electron chi connectivity index (χ1n) is 7.36. The lowest BCUT2D eigenvalue weighted by molar-refractivity contribution is 0.0686. The van der Waals surface area contributed by atoms with Crippen molar-refractivity contribution in [3.8, 4) is 0 Å². The normalized spacial score (nSPS) is 17.6. The van der Waals surface area contributed by atoms with Crippen LogP contribution in [0.4, 0.5) is 0 Å². The number of nitrogens with zero attached hydrogens (tertiary/aromatic N) is 2. The van der Waals surface area contributed by atoms with Crippen molar-refractivity contribution in [2.75, 3.05) is 19.6 Å². The van der Waals surface area contributed by atoms with Gasteiger partial charge in [0.1, 0.15) is 0 Å². The molecular weight excluding hydrogens is 302 g/mol. The monoisotopic (exact) mass is 319 g/mol. The third-order valence-corrected chi connectivity index (χ3v) is 4.01. The molecule has 1 aliphatic heterocycles. The molecule has 1 fully saturated rings. The molecule has 0 aromatic carbocycles. The smallest absolute Gasteiger partial charge is 0.289 e. The Bertz CT molecular complexity index is 623. The molecule has 0 bridgehead atoms. The molecule has 0 saturated carbocycles. The molecule has 0 spiro atoms. The minimum atomic E-state index is -0.136. The number of furan rings is 1. The summed E-state index contributed by atoms with van der Waals surface area (Å²) in [4.78, 5) is 18.6. The zero-order valence-corrected chi connectivity index (χ0v) is 12.9. The van der Waals surface area contributed by atoms with Gasteiger partial charge in [-0.25, -0.2) is 0 Å². The molecule has 116 valence electrons. The highest BCUT2D eigenvalue weighted by molar-refractivity contribution is 6.29. The Balaban J connectivity index is 1.76. The van der Waals surface area contributed by atoms with Gasteiger partial charge in [0.25, 0.3) is 5.91 Å². The van der Waals surface area contributed by atoms with Crippen molar-refractivity contribution in [3.63, 3.8) is 0 Å². The molecule has 2 aromatic rings. The molecule has 1 atom stereocenters. The average Bonchev–Trinajstić information content (AvgIpc) is 3.18. The summed E-state index contributed by atoms with van der Waals surface area (Å²) in [6.45, 7) is 3.16. The van der Waals surface area contributed by atoms with Crippen LogP contribution in [-0.2, 0) is 6.54 Å². The number of nitrogens with one attached hydrogen (secondary N) is 1. The summed E-state index contributed by atoms with van der Waals surface area (Å²) in [5.74, 6) is 0.605. The van der Waals surface area contributed by atoms with Crippen molar-refractivity contribution in [1.29, 1.82) is 0 Å². The molecule has 22 heavy (non-hydrogen) atoms. The van der Waals surface area contributed by atoms with Gasteiger partial charge >= 0.3 is 0 Å². The first-order valence-corrected chi connectivity index (χ1v) is 7.74. The number of halogens is 1. The van der Waals surface area contributed by atoms with Gasteiger partial charge in [0.05, 0.1) is 0 Å². The molecule has 5 nitrogen and oxygen atoms in total. The molecule has 0 aliphatic carbocycles. The van der Waals surface area contributed by atoms with Crippen LogP contribution in [0.1, 0.15) is 22.5 Å². The van der Waals surface area contributed by atoms with Crippen molar-refractivity contribution in [2.45, 2.75) is 13.0 Å². The van der Waals surface area contributed by atoms with Gasteiger partial charge in [0, 0.05) is 25.5 Å². The maximum Gasteiger partial charge on any atom is 0.289 e. The van der Waals surface area contributed by atoms with Crippen LogP contribution in [0.2, 0.25) is 5.22 Å². The van der Waals surface area contributed by atoms with Gasteiger partial charge in [0.15, 0.2) is 11.0 Å². The van der Waals surface area contributed by atoms with Gasteiger partial charge < -0.3 is 14.6 Å². The Hall–Kier alpha value is -1.85. The predicted octanol–water partition coefficient (Wildman–Crippen LogP) is 2.58. The zero-order valence-electron chi connectivity index (χ0n) is 12.2. The van der Waals surface area contributed by atoms with Crippen molar-refractivity contribution >= 4 is 17.5 Å². The Morgan fingerprint density at radius 2 is 2.36 bits per heavy atom. The molecule has 1 aliphatic rings. The maximum atomic E-state index is 12.7. The fourth-order valence-corrected chi connectivity index (χ4v) is 2.84. The highest BCUT2D eigenvalue weighted by Crippen LogP contribution is 2.19. The van der Waals surface area contributed by atoms with Gasteiger partial charge in [-0.2, -0.15) is 0 Å². The standard InChI is InChI=1S/C16H18ClN3O2/c17-15-4-3-14(22-15)16(21)20(11-13-5-7-19-9-13)10-12-2-1-6-18-8-12/h1-4,6,8,13,19H,5,7,9-11H2/t13-/m1/s1. The summed E-state index contributed by atoms with van der Waals surface area (Å²) in [6, 6.07) is 7.05. The maximum absolute atomic E-state index is 12.7. The summed E-state index contributed by atoms with van der Waals surface area (Å²) < 4.78 is 5.27. The van der Waals surface area contributed by atoms with E-state index in [9.17, 15) is 4.79 Å². The van der Waals surface area contributed by atoms with E-state index in [-0.39, 0.29) is 16.9 Å². The first-order chi connectivity index (χ1) is 10.7. The molecule has 3 rings (SSSR count). The molecule has 2 aromatic heterocycles. The third-order valence-electron chi connectivity index (χ3n) is 3.81. The minimum Gasteiger partial charge on any atom is -0.440 e. The van der Waals surface area contributed by atoms with E-state index in [0.717, 1.165) is 25.1 Å². The van der Waals surface area contributed by atoms with Crippen molar-refractivity contribution < 1.29 is 9.21 Å². The van der Waals surface area contributed by atoms with E-state index in [2.05, 4.69) is 10.3 Å². The lowest BCUT2D eigenvalue weighted by Crippen LogP contribution is -2.35. The van der Waals surface area contributed by atoms with E-state index in [4.69, 9.17) is 16.0 Å². The molecule has 1 amide bonds. The van der Waals surface area contributed by atoms with E-state index >= 15 is 0 Å². The largest absolute Gasteiger partial charge is 0.440 e. The lowest BCUT2D eigenvalue weighted by atomic mass is 10.1. The zero-order chi connectivity index (χ0) is 15.4. The fraction of sp³-hybridized carbons (Fsp3) is 0.375. The number of aromatic nitrogens is 1. The van der Waals surface area contributed by atoms with Crippen LogP contribution in [0.5, 0.6) is 0 Å². The number of carbonyl (C=O) groups is 1. The van der Waals surface area contributed by atoms with Crippen molar-refractivity contribution in [1.82, 2.24) is 15.2 Å². The Kier molecular flexibility index (Phi) is 4.75. The predicted molar refractivity (Wildman–Crippen MR) is 83.7 cm³/mol. The number of pyridine rings is 1. The molecule has 6 heteroatoms. The summed E-state index contributed by atoms with van der Waals surface area (Å²) in [5.41, 5.74) is 0.999. The van der Waals surface area contributed by atoms with E-state index in [1.807, 2.05) is 17.0 Å². The van der Waals surface area contributed by atoms with Crippen LogP contribution >= 0.6 is 11.6 Å². The second kappa shape index (κ2) is 6.94. The van der Waals surface area contributed by atoms with Gasteiger partial charge in [-0.1, -0.05) is 6.07 Å². The highest BCUT2D eigenvalue weighted by Gasteiger charge is 2.24. The topological polar surface area (TPSA) is 58.4 Å². The van der Waals surface area contributed by atoms with Crippen LogP contribution in [0.15, 0.2) is 41.1 Å². The quantitative estimate of drug-likeness (QED) is 0.920.